The van der Waals surface area contributed by atoms with Crippen LogP contribution in [0.4, 0.5) is 5.69 Å². The molecule has 0 saturated heterocycles. The zero-order chi connectivity index (χ0) is 14.0. The van der Waals surface area contributed by atoms with Gasteiger partial charge in [0.15, 0.2) is 0 Å². The minimum Gasteiger partial charge on any atom is -0.382 e. The molecule has 1 N–H and O–H groups in total. The summed E-state index contributed by atoms with van der Waals surface area (Å²) >= 11 is 6.14. The average Bonchev–Trinajstić information content (AvgIpc) is 2.31. The van der Waals surface area contributed by atoms with Crippen molar-refractivity contribution in [3.8, 4) is 0 Å². The topological polar surface area (TPSA) is 46.9 Å². The number of halogens is 1. The fourth-order valence-corrected chi connectivity index (χ4v) is 2.54. The summed E-state index contributed by atoms with van der Waals surface area (Å²) in [7, 11) is 0. The molecule has 1 aliphatic rings. The molecule has 1 heterocycles. The second-order valence-corrected chi connectivity index (χ2v) is 6.65. The maximum absolute atomic E-state index is 12.1. The highest BCUT2D eigenvalue weighted by Gasteiger charge is 2.31. The first-order valence-electron chi connectivity index (χ1n) is 6.91. The lowest BCUT2D eigenvalue weighted by molar-refractivity contribution is 0.180. The number of rotatable bonds is 5. The van der Waals surface area contributed by atoms with E-state index in [1.54, 1.807) is 6.20 Å². The van der Waals surface area contributed by atoms with Gasteiger partial charge in [0, 0.05) is 13.1 Å². The number of hydrogen-bond acceptors (Lipinski definition) is 3. The number of hydrogen-bond donors (Lipinski definition) is 1. The van der Waals surface area contributed by atoms with Gasteiger partial charge in [-0.2, -0.15) is 5.10 Å². The molecule has 0 unspecified atom stereocenters. The zero-order valence-electron chi connectivity index (χ0n) is 11.9. The summed E-state index contributed by atoms with van der Waals surface area (Å²) in [5.41, 5.74) is 0.787. The third-order valence-corrected chi connectivity index (χ3v) is 4.15. The fourth-order valence-electron chi connectivity index (χ4n) is 2.33. The maximum Gasteiger partial charge on any atom is 0.287 e. The summed E-state index contributed by atoms with van der Waals surface area (Å²) in [6.07, 6.45) is 5.42. The lowest BCUT2D eigenvalue weighted by Gasteiger charge is -2.38. The van der Waals surface area contributed by atoms with Crippen molar-refractivity contribution in [2.75, 3.05) is 11.9 Å². The maximum atomic E-state index is 12.1. The van der Waals surface area contributed by atoms with Crippen molar-refractivity contribution in [1.82, 2.24) is 9.78 Å². The molecular formula is C14H22ClN3O. The van der Waals surface area contributed by atoms with Crippen LogP contribution in [0.5, 0.6) is 0 Å². The van der Waals surface area contributed by atoms with E-state index in [0.717, 1.165) is 6.54 Å². The second-order valence-electron chi connectivity index (χ2n) is 6.27. The van der Waals surface area contributed by atoms with E-state index >= 15 is 0 Å². The van der Waals surface area contributed by atoms with Crippen molar-refractivity contribution in [2.45, 2.75) is 46.6 Å². The molecule has 0 radical (unpaired) electrons. The van der Waals surface area contributed by atoms with E-state index < -0.39 is 0 Å². The van der Waals surface area contributed by atoms with Gasteiger partial charge in [0.05, 0.1) is 11.9 Å². The molecule has 0 atom stereocenters. The summed E-state index contributed by atoms with van der Waals surface area (Å²) in [6.45, 7) is 7.79. The first kappa shape index (κ1) is 14.4. The van der Waals surface area contributed by atoms with E-state index in [9.17, 15) is 4.79 Å². The number of aromatic nitrogens is 2. The third kappa shape index (κ3) is 3.30. The molecule has 1 aliphatic carbocycles. The Labute approximate surface area is 119 Å². The van der Waals surface area contributed by atoms with Gasteiger partial charge in [-0.05, 0) is 24.2 Å². The van der Waals surface area contributed by atoms with Gasteiger partial charge >= 0.3 is 0 Å². The van der Waals surface area contributed by atoms with Crippen molar-refractivity contribution in [1.29, 1.82) is 0 Å². The smallest absolute Gasteiger partial charge is 0.287 e. The molecule has 0 amide bonds. The van der Waals surface area contributed by atoms with Gasteiger partial charge < -0.3 is 5.32 Å². The van der Waals surface area contributed by atoms with Crippen LogP contribution in [0.1, 0.15) is 40.0 Å². The lowest BCUT2D eigenvalue weighted by atomic mass is 9.70. The molecule has 0 aliphatic heterocycles. The van der Waals surface area contributed by atoms with Gasteiger partial charge in [0.2, 0.25) is 0 Å². The van der Waals surface area contributed by atoms with Crippen LogP contribution < -0.4 is 10.9 Å². The molecule has 1 aromatic rings. The minimum atomic E-state index is -0.209. The van der Waals surface area contributed by atoms with Crippen molar-refractivity contribution < 1.29 is 0 Å². The normalized spacial score (nSPS) is 17.3. The number of anilines is 1. The van der Waals surface area contributed by atoms with Gasteiger partial charge in [-0.15, -0.1) is 0 Å². The Bertz CT molecular complexity index is 506. The van der Waals surface area contributed by atoms with Gasteiger partial charge in [-0.25, -0.2) is 4.68 Å². The molecular weight excluding hydrogens is 262 g/mol. The van der Waals surface area contributed by atoms with Crippen LogP contribution in [-0.2, 0) is 6.54 Å². The summed E-state index contributed by atoms with van der Waals surface area (Å²) in [6, 6.07) is 0. The van der Waals surface area contributed by atoms with E-state index in [2.05, 4.69) is 17.3 Å². The summed E-state index contributed by atoms with van der Waals surface area (Å²) in [4.78, 5) is 12.1. The van der Waals surface area contributed by atoms with Crippen molar-refractivity contribution in [2.24, 2.45) is 11.3 Å². The van der Waals surface area contributed by atoms with E-state index in [-0.39, 0.29) is 10.6 Å². The molecule has 0 aromatic carbocycles. The Balaban J connectivity index is 2.10. The molecule has 5 heteroatoms. The minimum absolute atomic E-state index is 0.209. The molecule has 106 valence electrons. The molecule has 19 heavy (non-hydrogen) atoms. The standard InChI is InChI=1S/C14H22ClN3O/c1-10(2)8-18-13(19)12(15)11(7-17-18)16-9-14(3)5-4-6-14/h7,10,16H,4-6,8-9H2,1-3H3. The second kappa shape index (κ2) is 5.53. The molecule has 0 bridgehead atoms. The first-order chi connectivity index (χ1) is 8.91. The van der Waals surface area contributed by atoms with Crippen LogP contribution in [0, 0.1) is 11.3 Å². The average molecular weight is 284 g/mol. The third-order valence-electron chi connectivity index (χ3n) is 3.79. The fraction of sp³-hybridized carbons (Fsp3) is 0.714. The van der Waals surface area contributed by atoms with E-state index in [1.165, 1.54) is 23.9 Å². The highest BCUT2D eigenvalue weighted by atomic mass is 35.5. The summed E-state index contributed by atoms with van der Waals surface area (Å²) in [5, 5.41) is 7.70. The van der Waals surface area contributed by atoms with Gasteiger partial charge in [0.1, 0.15) is 5.02 Å². The van der Waals surface area contributed by atoms with Crippen LogP contribution in [0.15, 0.2) is 11.0 Å². The monoisotopic (exact) mass is 283 g/mol. The van der Waals surface area contributed by atoms with Gasteiger partial charge in [-0.1, -0.05) is 38.8 Å². The highest BCUT2D eigenvalue weighted by Crippen LogP contribution is 2.40. The molecule has 4 nitrogen and oxygen atoms in total. The summed E-state index contributed by atoms with van der Waals surface area (Å²) in [5.74, 6) is 0.369. The highest BCUT2D eigenvalue weighted by molar-refractivity contribution is 6.32. The van der Waals surface area contributed by atoms with Crippen molar-refractivity contribution in [3.63, 3.8) is 0 Å². The largest absolute Gasteiger partial charge is 0.382 e. The van der Waals surface area contributed by atoms with Crippen LogP contribution in [0.2, 0.25) is 5.02 Å². The number of nitrogens with zero attached hydrogens (tertiary/aromatic N) is 2. The predicted molar refractivity (Wildman–Crippen MR) is 78.8 cm³/mol. The lowest BCUT2D eigenvalue weighted by Crippen LogP contribution is -2.34. The van der Waals surface area contributed by atoms with E-state index in [4.69, 9.17) is 11.6 Å². The molecule has 1 saturated carbocycles. The van der Waals surface area contributed by atoms with E-state index in [1.807, 2.05) is 13.8 Å². The van der Waals surface area contributed by atoms with E-state index in [0.29, 0.717) is 23.6 Å². The van der Waals surface area contributed by atoms with Crippen molar-refractivity contribution >= 4 is 17.3 Å². The Hall–Kier alpha value is -1.03. The van der Waals surface area contributed by atoms with Gasteiger partial charge in [-0.3, -0.25) is 4.79 Å². The Morgan fingerprint density at radius 3 is 2.74 bits per heavy atom. The zero-order valence-corrected chi connectivity index (χ0v) is 12.6. The van der Waals surface area contributed by atoms with Gasteiger partial charge in [0.25, 0.3) is 5.56 Å². The molecule has 0 spiro atoms. The quantitative estimate of drug-likeness (QED) is 0.903. The Kier molecular flexibility index (Phi) is 4.19. The Morgan fingerprint density at radius 2 is 2.21 bits per heavy atom. The van der Waals surface area contributed by atoms with Crippen LogP contribution in [0.25, 0.3) is 0 Å². The predicted octanol–water partition coefficient (Wildman–Crippen LogP) is 3.15. The van der Waals surface area contributed by atoms with Crippen molar-refractivity contribution in [3.05, 3.63) is 21.6 Å². The Morgan fingerprint density at radius 1 is 1.53 bits per heavy atom. The SMILES string of the molecule is CC(C)Cn1ncc(NCC2(C)CCC2)c(Cl)c1=O. The molecule has 1 aromatic heterocycles. The molecule has 1 fully saturated rings. The van der Waals surface area contributed by atoms with Crippen LogP contribution in [-0.4, -0.2) is 16.3 Å². The van der Waals surface area contributed by atoms with Crippen LogP contribution in [0.3, 0.4) is 0 Å². The summed E-state index contributed by atoms with van der Waals surface area (Å²) < 4.78 is 1.43. The first-order valence-corrected chi connectivity index (χ1v) is 7.28. The van der Waals surface area contributed by atoms with Crippen LogP contribution >= 0.6 is 11.6 Å². The number of nitrogens with one attached hydrogen (secondary N) is 1. The molecule has 2 rings (SSSR count).